The van der Waals surface area contributed by atoms with Gasteiger partial charge in [0.25, 0.3) is 0 Å². The first-order valence-electron chi connectivity index (χ1n) is 4.07. The molecule has 2 amide bonds. The van der Waals surface area contributed by atoms with Gasteiger partial charge in [-0.25, -0.2) is 9.59 Å². The molecule has 82 valence electrons. The number of rotatable bonds is 5. The minimum atomic E-state index is -1.96. The predicted octanol–water partition coefficient (Wildman–Crippen LogP) is -1.92. The molecular weight excluding hydrogens is 190 g/mol. The van der Waals surface area contributed by atoms with Gasteiger partial charge in [-0.2, -0.15) is 0 Å². The lowest BCUT2D eigenvalue weighted by molar-refractivity contribution is -0.155. The quantitative estimate of drug-likeness (QED) is 0.358. The van der Waals surface area contributed by atoms with E-state index in [2.05, 4.69) is 10.6 Å². The molecule has 0 aliphatic heterocycles. The smallest absolute Gasteiger partial charge is 0.337 e. The van der Waals surface area contributed by atoms with Crippen LogP contribution in [0.5, 0.6) is 0 Å². The number of nitrogens with two attached hydrogens (primary N) is 1. The molecule has 1 unspecified atom stereocenters. The van der Waals surface area contributed by atoms with E-state index < -0.39 is 17.6 Å². The van der Waals surface area contributed by atoms with E-state index in [4.69, 9.17) is 10.8 Å². The van der Waals surface area contributed by atoms with Crippen LogP contribution in [0.2, 0.25) is 0 Å². The highest BCUT2D eigenvalue weighted by molar-refractivity contribution is 5.79. The number of carbonyl (C=O) groups excluding carboxylic acids is 1. The number of nitrogens with one attached hydrogen (secondary N) is 2. The summed E-state index contributed by atoms with van der Waals surface area (Å²) in [5.74, 6) is -1.39. The zero-order chi connectivity index (χ0) is 11.2. The summed E-state index contributed by atoms with van der Waals surface area (Å²) in [7, 11) is 0. The van der Waals surface area contributed by atoms with Gasteiger partial charge in [-0.15, -0.1) is 0 Å². The average Bonchev–Trinajstić information content (AvgIpc) is 2.11. The van der Waals surface area contributed by atoms with Crippen LogP contribution in [0.15, 0.2) is 0 Å². The van der Waals surface area contributed by atoms with Crippen LogP contribution in [0.25, 0.3) is 0 Å². The Bertz CT molecular complexity index is 217. The molecule has 0 bridgehead atoms. The van der Waals surface area contributed by atoms with Crippen LogP contribution < -0.4 is 16.4 Å². The van der Waals surface area contributed by atoms with Gasteiger partial charge in [0.05, 0.1) is 6.54 Å². The number of aliphatic hydroxyl groups is 1. The molecule has 0 radical (unpaired) electrons. The fraction of sp³-hybridized carbons (Fsp3) is 0.714. The molecule has 6 N–H and O–H groups in total. The standard InChI is InChI=1S/C7H15N3O4/c1-7(14,5(11)12)4-10-6(13)9-3-2-8/h14H,2-4,8H2,1H3,(H,11,12)(H2,9,10,13). The third kappa shape index (κ3) is 4.63. The topological polar surface area (TPSA) is 125 Å². The van der Waals surface area contributed by atoms with Crippen LogP contribution in [0.1, 0.15) is 6.92 Å². The highest BCUT2D eigenvalue weighted by Gasteiger charge is 2.30. The first-order valence-corrected chi connectivity index (χ1v) is 4.07. The summed E-state index contributed by atoms with van der Waals surface area (Å²) in [5, 5.41) is 22.3. The number of urea groups is 1. The van der Waals surface area contributed by atoms with E-state index in [0.29, 0.717) is 13.1 Å². The summed E-state index contributed by atoms with van der Waals surface area (Å²) in [4.78, 5) is 21.3. The Morgan fingerprint density at radius 1 is 1.43 bits per heavy atom. The largest absolute Gasteiger partial charge is 0.479 e. The molecular formula is C7H15N3O4. The molecule has 14 heavy (non-hydrogen) atoms. The lowest BCUT2D eigenvalue weighted by atomic mass is 10.1. The van der Waals surface area contributed by atoms with Gasteiger partial charge in [-0.3, -0.25) is 0 Å². The zero-order valence-electron chi connectivity index (χ0n) is 7.91. The lowest BCUT2D eigenvalue weighted by Gasteiger charge is -2.18. The molecule has 0 aromatic rings. The van der Waals surface area contributed by atoms with Gasteiger partial charge in [0.15, 0.2) is 5.60 Å². The van der Waals surface area contributed by atoms with Gasteiger partial charge in [0.1, 0.15) is 0 Å². The molecule has 0 aromatic carbocycles. The maximum atomic E-state index is 10.9. The molecule has 0 aliphatic rings. The SMILES string of the molecule is CC(O)(CNC(=O)NCCN)C(=O)O. The number of hydrogen-bond donors (Lipinski definition) is 5. The van der Waals surface area contributed by atoms with Gasteiger partial charge >= 0.3 is 12.0 Å². The van der Waals surface area contributed by atoms with E-state index in [0.717, 1.165) is 6.92 Å². The first-order chi connectivity index (χ1) is 6.40. The number of carboxylic acids is 1. The average molecular weight is 205 g/mol. The summed E-state index contributed by atoms with van der Waals surface area (Å²) in [5.41, 5.74) is 3.16. The Hall–Kier alpha value is -1.34. The van der Waals surface area contributed by atoms with Gasteiger partial charge in [-0.1, -0.05) is 0 Å². The molecule has 0 saturated carbocycles. The van der Waals surface area contributed by atoms with Crippen molar-refractivity contribution in [2.75, 3.05) is 19.6 Å². The molecule has 0 aromatic heterocycles. The predicted molar refractivity (Wildman–Crippen MR) is 48.7 cm³/mol. The second-order valence-electron chi connectivity index (χ2n) is 2.98. The molecule has 0 spiro atoms. The maximum absolute atomic E-state index is 10.9. The molecule has 7 nitrogen and oxygen atoms in total. The summed E-state index contributed by atoms with van der Waals surface area (Å²) in [6, 6.07) is -0.558. The summed E-state index contributed by atoms with van der Waals surface area (Å²) < 4.78 is 0. The van der Waals surface area contributed by atoms with Crippen molar-refractivity contribution in [1.29, 1.82) is 0 Å². The van der Waals surface area contributed by atoms with Crippen LogP contribution in [-0.4, -0.2) is 47.4 Å². The number of aliphatic carboxylic acids is 1. The van der Waals surface area contributed by atoms with Crippen LogP contribution in [0, 0.1) is 0 Å². The Kier molecular flexibility index (Phi) is 4.89. The molecule has 7 heteroatoms. The Labute approximate surface area is 81.3 Å². The van der Waals surface area contributed by atoms with Gasteiger partial charge in [0, 0.05) is 13.1 Å². The zero-order valence-corrected chi connectivity index (χ0v) is 7.91. The number of carbonyl (C=O) groups is 2. The number of amides is 2. The molecule has 0 saturated heterocycles. The third-order valence-corrected chi connectivity index (χ3v) is 1.48. The van der Waals surface area contributed by atoms with Crippen LogP contribution in [0.3, 0.4) is 0 Å². The monoisotopic (exact) mass is 205 g/mol. The second kappa shape index (κ2) is 5.40. The lowest BCUT2D eigenvalue weighted by Crippen LogP contribution is -2.49. The van der Waals surface area contributed by atoms with E-state index in [1.807, 2.05) is 0 Å². The van der Waals surface area contributed by atoms with Crippen molar-refractivity contribution in [2.24, 2.45) is 5.73 Å². The van der Waals surface area contributed by atoms with Crippen LogP contribution >= 0.6 is 0 Å². The van der Waals surface area contributed by atoms with Gasteiger partial charge in [-0.05, 0) is 6.92 Å². The molecule has 0 aliphatic carbocycles. The molecule has 1 atom stereocenters. The minimum Gasteiger partial charge on any atom is -0.479 e. The molecule has 0 rings (SSSR count). The summed E-state index contributed by atoms with van der Waals surface area (Å²) in [6.07, 6.45) is 0. The Balaban J connectivity index is 3.82. The Morgan fingerprint density at radius 3 is 2.43 bits per heavy atom. The highest BCUT2D eigenvalue weighted by atomic mass is 16.4. The molecule has 0 heterocycles. The Morgan fingerprint density at radius 2 is 2.00 bits per heavy atom. The van der Waals surface area contributed by atoms with Crippen LogP contribution in [0.4, 0.5) is 4.79 Å². The van der Waals surface area contributed by atoms with Gasteiger partial charge < -0.3 is 26.6 Å². The fourth-order valence-electron chi connectivity index (χ4n) is 0.576. The normalized spacial score (nSPS) is 14.2. The van der Waals surface area contributed by atoms with E-state index in [-0.39, 0.29) is 6.54 Å². The van der Waals surface area contributed by atoms with Crippen molar-refractivity contribution in [3.63, 3.8) is 0 Å². The van der Waals surface area contributed by atoms with Crippen molar-refractivity contribution in [1.82, 2.24) is 10.6 Å². The van der Waals surface area contributed by atoms with Gasteiger partial charge in [0.2, 0.25) is 0 Å². The first kappa shape index (κ1) is 12.7. The van der Waals surface area contributed by atoms with Crippen molar-refractivity contribution >= 4 is 12.0 Å². The van der Waals surface area contributed by atoms with E-state index >= 15 is 0 Å². The summed E-state index contributed by atoms with van der Waals surface area (Å²) in [6.45, 7) is 1.32. The highest BCUT2D eigenvalue weighted by Crippen LogP contribution is 2.00. The maximum Gasteiger partial charge on any atom is 0.337 e. The summed E-state index contributed by atoms with van der Waals surface area (Å²) >= 11 is 0. The minimum absolute atomic E-state index is 0.293. The van der Waals surface area contributed by atoms with Crippen molar-refractivity contribution in [3.05, 3.63) is 0 Å². The number of hydrogen-bond acceptors (Lipinski definition) is 4. The van der Waals surface area contributed by atoms with Crippen LogP contribution in [-0.2, 0) is 4.79 Å². The van der Waals surface area contributed by atoms with E-state index in [9.17, 15) is 14.7 Å². The van der Waals surface area contributed by atoms with Crippen molar-refractivity contribution in [3.8, 4) is 0 Å². The second-order valence-corrected chi connectivity index (χ2v) is 2.98. The van der Waals surface area contributed by atoms with E-state index in [1.54, 1.807) is 0 Å². The van der Waals surface area contributed by atoms with E-state index in [1.165, 1.54) is 0 Å². The number of carboxylic acid groups (broad SMARTS) is 1. The third-order valence-electron chi connectivity index (χ3n) is 1.48. The van der Waals surface area contributed by atoms with Crippen molar-refractivity contribution < 1.29 is 19.8 Å². The molecule has 0 fully saturated rings. The fourth-order valence-corrected chi connectivity index (χ4v) is 0.576. The van der Waals surface area contributed by atoms with Crippen molar-refractivity contribution in [2.45, 2.75) is 12.5 Å².